The molecule has 0 aliphatic rings. The minimum Gasteiger partial charge on any atom is -0.508 e. The van der Waals surface area contributed by atoms with Crippen LogP contribution in [0.5, 0.6) is 5.75 Å². The van der Waals surface area contributed by atoms with Gasteiger partial charge in [-0.25, -0.2) is 0 Å². The van der Waals surface area contributed by atoms with E-state index in [9.17, 15) is 14.7 Å². The van der Waals surface area contributed by atoms with Gasteiger partial charge in [-0.3, -0.25) is 9.59 Å². The third kappa shape index (κ3) is 3.97. The molecule has 0 aliphatic carbocycles. The van der Waals surface area contributed by atoms with Crippen LogP contribution < -0.4 is 16.4 Å². The van der Waals surface area contributed by atoms with Gasteiger partial charge in [0.05, 0.1) is 12.1 Å². The van der Waals surface area contributed by atoms with Gasteiger partial charge in [-0.05, 0) is 32.0 Å². The number of rotatable bonds is 4. The molecule has 0 saturated carbocycles. The van der Waals surface area contributed by atoms with Gasteiger partial charge in [-0.2, -0.15) is 0 Å². The average Bonchev–Trinajstić information content (AvgIpc) is 2.28. The van der Waals surface area contributed by atoms with Crippen LogP contribution in [-0.2, 0) is 4.79 Å². The predicted octanol–water partition coefficient (Wildman–Crippen LogP) is 0.229. The van der Waals surface area contributed by atoms with Crippen molar-refractivity contribution in [3.63, 3.8) is 0 Å². The molecule has 1 aromatic rings. The summed E-state index contributed by atoms with van der Waals surface area (Å²) < 4.78 is 0. The second-order valence-corrected chi connectivity index (χ2v) is 4.18. The lowest BCUT2D eigenvalue weighted by Crippen LogP contribution is -2.39. The minimum atomic E-state index is -0.498. The van der Waals surface area contributed by atoms with E-state index >= 15 is 0 Å². The van der Waals surface area contributed by atoms with Crippen molar-refractivity contribution >= 4 is 17.5 Å². The second kappa shape index (κ2) is 5.90. The lowest BCUT2D eigenvalue weighted by Gasteiger charge is -2.10. The van der Waals surface area contributed by atoms with E-state index in [4.69, 9.17) is 5.73 Å². The van der Waals surface area contributed by atoms with E-state index in [0.29, 0.717) is 0 Å². The maximum atomic E-state index is 11.7. The summed E-state index contributed by atoms with van der Waals surface area (Å²) in [6.45, 7) is 3.52. The summed E-state index contributed by atoms with van der Waals surface area (Å²) in [6, 6.07) is 4.08. The van der Waals surface area contributed by atoms with Crippen molar-refractivity contribution in [2.24, 2.45) is 0 Å². The Hall–Kier alpha value is -2.24. The van der Waals surface area contributed by atoms with E-state index in [2.05, 4.69) is 10.6 Å². The number of aromatic hydroxyl groups is 1. The van der Waals surface area contributed by atoms with Crippen molar-refractivity contribution < 1.29 is 14.7 Å². The molecule has 0 spiro atoms. The fourth-order valence-corrected chi connectivity index (χ4v) is 1.37. The summed E-state index contributed by atoms with van der Waals surface area (Å²) in [5.41, 5.74) is 6.00. The van der Waals surface area contributed by atoms with E-state index in [1.165, 1.54) is 18.2 Å². The number of amides is 2. The second-order valence-electron chi connectivity index (χ2n) is 4.18. The molecular formula is C12H17N3O3. The van der Waals surface area contributed by atoms with Crippen LogP contribution in [0.4, 0.5) is 5.69 Å². The molecule has 0 heterocycles. The van der Waals surface area contributed by atoms with E-state index in [1.54, 1.807) is 0 Å². The standard InChI is InChI=1S/C12H17N3O3/c1-7(2)15-11(17)6-14-12(18)9-5-8(16)3-4-10(9)13/h3-5,7,16H,6,13H2,1-2H3,(H,14,18)(H,15,17). The zero-order valence-corrected chi connectivity index (χ0v) is 10.4. The van der Waals surface area contributed by atoms with Gasteiger partial charge >= 0.3 is 0 Å². The molecule has 0 aliphatic heterocycles. The van der Waals surface area contributed by atoms with Gasteiger partial charge in [0, 0.05) is 11.7 Å². The number of anilines is 1. The number of phenols is 1. The number of carbonyl (C=O) groups is 2. The molecule has 6 heteroatoms. The van der Waals surface area contributed by atoms with E-state index in [0.717, 1.165) is 0 Å². The molecule has 6 nitrogen and oxygen atoms in total. The van der Waals surface area contributed by atoms with Crippen molar-refractivity contribution in [1.29, 1.82) is 0 Å². The van der Waals surface area contributed by atoms with E-state index in [-0.39, 0.29) is 35.5 Å². The van der Waals surface area contributed by atoms with Crippen LogP contribution in [0.3, 0.4) is 0 Å². The van der Waals surface area contributed by atoms with Crippen molar-refractivity contribution in [2.45, 2.75) is 19.9 Å². The summed E-state index contributed by atoms with van der Waals surface area (Å²) in [7, 11) is 0. The molecule has 0 atom stereocenters. The molecule has 0 fully saturated rings. The van der Waals surface area contributed by atoms with E-state index < -0.39 is 5.91 Å². The van der Waals surface area contributed by atoms with Gasteiger partial charge in [0.25, 0.3) is 5.91 Å². The monoisotopic (exact) mass is 251 g/mol. The molecule has 2 amide bonds. The molecule has 1 rings (SSSR count). The Kier molecular flexibility index (Phi) is 4.53. The van der Waals surface area contributed by atoms with Crippen LogP contribution in [0, 0.1) is 0 Å². The first-order valence-electron chi connectivity index (χ1n) is 5.56. The van der Waals surface area contributed by atoms with E-state index in [1.807, 2.05) is 13.8 Å². The molecule has 0 bridgehead atoms. The van der Waals surface area contributed by atoms with Crippen molar-refractivity contribution in [1.82, 2.24) is 10.6 Å². The highest BCUT2D eigenvalue weighted by molar-refractivity contribution is 6.01. The number of nitrogen functional groups attached to an aromatic ring is 1. The highest BCUT2D eigenvalue weighted by Crippen LogP contribution is 2.17. The van der Waals surface area contributed by atoms with Gasteiger partial charge in [-0.1, -0.05) is 0 Å². The SMILES string of the molecule is CC(C)NC(=O)CNC(=O)c1cc(O)ccc1N. The molecule has 0 radical (unpaired) electrons. The lowest BCUT2D eigenvalue weighted by molar-refractivity contribution is -0.120. The molecule has 5 N–H and O–H groups in total. The summed E-state index contributed by atoms with van der Waals surface area (Å²) in [6.07, 6.45) is 0. The maximum absolute atomic E-state index is 11.7. The van der Waals surface area contributed by atoms with Gasteiger partial charge < -0.3 is 21.5 Å². The first kappa shape index (κ1) is 13.8. The number of benzene rings is 1. The summed E-state index contributed by atoms with van der Waals surface area (Å²) in [5, 5.41) is 14.3. The Morgan fingerprint density at radius 1 is 1.39 bits per heavy atom. The number of carbonyl (C=O) groups excluding carboxylic acids is 2. The average molecular weight is 251 g/mol. The predicted molar refractivity (Wildman–Crippen MR) is 68.1 cm³/mol. The molecular weight excluding hydrogens is 234 g/mol. The third-order valence-corrected chi connectivity index (χ3v) is 2.14. The van der Waals surface area contributed by atoms with Crippen LogP contribution in [-0.4, -0.2) is 29.5 Å². The minimum absolute atomic E-state index is 0.0141. The van der Waals surface area contributed by atoms with Crippen LogP contribution in [0.2, 0.25) is 0 Å². The maximum Gasteiger partial charge on any atom is 0.253 e. The molecule has 98 valence electrons. The lowest BCUT2D eigenvalue weighted by atomic mass is 10.1. The molecule has 18 heavy (non-hydrogen) atoms. The number of nitrogens with two attached hydrogens (primary N) is 1. The Morgan fingerprint density at radius 3 is 2.67 bits per heavy atom. The summed E-state index contributed by atoms with van der Waals surface area (Å²) >= 11 is 0. The number of hydrogen-bond acceptors (Lipinski definition) is 4. The van der Waals surface area contributed by atoms with Crippen LogP contribution in [0.15, 0.2) is 18.2 Å². The molecule has 0 unspecified atom stereocenters. The van der Waals surface area contributed by atoms with Crippen LogP contribution >= 0.6 is 0 Å². The van der Waals surface area contributed by atoms with Gasteiger partial charge in [0.2, 0.25) is 5.91 Å². The molecule has 1 aromatic carbocycles. The quantitative estimate of drug-likeness (QED) is 0.454. The first-order chi connectivity index (χ1) is 8.40. The smallest absolute Gasteiger partial charge is 0.253 e. The molecule has 0 saturated heterocycles. The topological polar surface area (TPSA) is 104 Å². The van der Waals surface area contributed by atoms with Crippen molar-refractivity contribution in [3.05, 3.63) is 23.8 Å². The zero-order chi connectivity index (χ0) is 13.7. The highest BCUT2D eigenvalue weighted by atomic mass is 16.3. The Bertz CT molecular complexity index is 458. The number of nitrogens with one attached hydrogen (secondary N) is 2. The summed E-state index contributed by atoms with van der Waals surface area (Å²) in [5.74, 6) is -0.833. The van der Waals surface area contributed by atoms with Gasteiger partial charge in [0.15, 0.2) is 0 Å². The van der Waals surface area contributed by atoms with Crippen LogP contribution in [0.25, 0.3) is 0 Å². The zero-order valence-electron chi connectivity index (χ0n) is 10.4. The Balaban J connectivity index is 2.60. The first-order valence-corrected chi connectivity index (χ1v) is 5.56. The normalized spacial score (nSPS) is 10.2. The largest absolute Gasteiger partial charge is 0.508 e. The van der Waals surface area contributed by atoms with Crippen LogP contribution in [0.1, 0.15) is 24.2 Å². The number of phenolic OH excluding ortho intramolecular Hbond substituents is 1. The van der Waals surface area contributed by atoms with Crippen molar-refractivity contribution in [2.75, 3.05) is 12.3 Å². The Labute approximate surface area is 105 Å². The fraction of sp³-hybridized carbons (Fsp3) is 0.333. The van der Waals surface area contributed by atoms with Crippen molar-refractivity contribution in [3.8, 4) is 5.75 Å². The summed E-state index contributed by atoms with van der Waals surface area (Å²) in [4.78, 5) is 23.1. The molecule has 0 aromatic heterocycles. The van der Waals surface area contributed by atoms with Gasteiger partial charge in [0.1, 0.15) is 5.75 Å². The van der Waals surface area contributed by atoms with Gasteiger partial charge in [-0.15, -0.1) is 0 Å². The fourth-order valence-electron chi connectivity index (χ4n) is 1.37. The Morgan fingerprint density at radius 2 is 2.06 bits per heavy atom. The third-order valence-electron chi connectivity index (χ3n) is 2.14. The number of hydrogen-bond donors (Lipinski definition) is 4. The highest BCUT2D eigenvalue weighted by Gasteiger charge is 2.12.